The summed E-state index contributed by atoms with van der Waals surface area (Å²) in [5, 5.41) is 12.8. The summed E-state index contributed by atoms with van der Waals surface area (Å²) >= 11 is 0. The Bertz CT molecular complexity index is 429. The molecule has 1 amide bonds. The zero-order chi connectivity index (χ0) is 15.0. The predicted octanol–water partition coefficient (Wildman–Crippen LogP) is 1.83. The summed E-state index contributed by atoms with van der Waals surface area (Å²) < 4.78 is 4.93. The van der Waals surface area contributed by atoms with Crippen LogP contribution in [0.3, 0.4) is 0 Å². The molecule has 0 aliphatic rings. The molecular weight excluding hydrogens is 254 g/mol. The molecule has 0 bridgehead atoms. The Labute approximate surface area is 121 Å². The fourth-order valence-corrected chi connectivity index (χ4v) is 1.91. The van der Waals surface area contributed by atoms with Gasteiger partial charge in [-0.15, -0.1) is 0 Å². The van der Waals surface area contributed by atoms with Crippen molar-refractivity contribution in [1.82, 2.24) is 5.32 Å². The molecule has 0 aliphatic carbocycles. The molecule has 0 fully saturated rings. The van der Waals surface area contributed by atoms with E-state index in [9.17, 15) is 9.90 Å². The maximum Gasteiger partial charge on any atom is 0.220 e. The molecule has 0 aliphatic heterocycles. The number of nitrogens with one attached hydrogen (secondary N) is 1. The van der Waals surface area contributed by atoms with E-state index >= 15 is 0 Å². The van der Waals surface area contributed by atoms with E-state index in [0.29, 0.717) is 25.9 Å². The lowest BCUT2D eigenvalue weighted by Crippen LogP contribution is -2.41. The van der Waals surface area contributed by atoms with Crippen LogP contribution < -0.4 is 5.32 Å². The minimum Gasteiger partial charge on any atom is -0.388 e. The highest BCUT2D eigenvalue weighted by molar-refractivity contribution is 5.76. The first-order chi connectivity index (χ1) is 9.43. The lowest BCUT2D eigenvalue weighted by molar-refractivity contribution is -0.122. The van der Waals surface area contributed by atoms with Crippen LogP contribution in [0, 0.1) is 6.92 Å². The second-order valence-electron chi connectivity index (χ2n) is 5.51. The molecule has 0 aromatic heterocycles. The van der Waals surface area contributed by atoms with Crippen LogP contribution in [0.2, 0.25) is 0 Å². The van der Waals surface area contributed by atoms with E-state index in [1.807, 2.05) is 25.1 Å². The minimum absolute atomic E-state index is 0.0378. The summed E-state index contributed by atoms with van der Waals surface area (Å²) in [6, 6.07) is 8.14. The maximum atomic E-state index is 11.8. The summed E-state index contributed by atoms with van der Waals surface area (Å²) in [6.07, 6.45) is 1.65. The average Bonchev–Trinajstić information content (AvgIpc) is 2.41. The minimum atomic E-state index is -0.922. The number of carbonyl (C=O) groups excluding carboxylic acids is 1. The number of hydrogen-bond acceptors (Lipinski definition) is 3. The van der Waals surface area contributed by atoms with Crippen molar-refractivity contribution in [1.29, 1.82) is 0 Å². The standard InChI is InChI=1S/C16H25NO3/c1-13-5-4-6-14(11-13)7-8-15(18)17-12-16(2,19)9-10-20-3/h4-6,11,19H,7-10,12H2,1-3H3,(H,17,18). The second-order valence-corrected chi connectivity index (χ2v) is 5.51. The van der Waals surface area contributed by atoms with Gasteiger partial charge >= 0.3 is 0 Å². The van der Waals surface area contributed by atoms with Crippen LogP contribution in [0.4, 0.5) is 0 Å². The summed E-state index contributed by atoms with van der Waals surface area (Å²) in [5.41, 5.74) is 1.44. The van der Waals surface area contributed by atoms with Crippen molar-refractivity contribution >= 4 is 5.91 Å². The van der Waals surface area contributed by atoms with Gasteiger partial charge in [-0.05, 0) is 25.8 Å². The van der Waals surface area contributed by atoms with Crippen LogP contribution in [0.25, 0.3) is 0 Å². The summed E-state index contributed by atoms with van der Waals surface area (Å²) in [4.78, 5) is 11.8. The first-order valence-electron chi connectivity index (χ1n) is 6.96. The highest BCUT2D eigenvalue weighted by atomic mass is 16.5. The van der Waals surface area contributed by atoms with Crippen molar-refractivity contribution in [3.63, 3.8) is 0 Å². The Kier molecular flexibility index (Phi) is 6.68. The molecule has 0 radical (unpaired) electrons. The second kappa shape index (κ2) is 8.02. The molecule has 112 valence electrons. The molecule has 0 saturated heterocycles. The number of aryl methyl sites for hydroxylation is 2. The van der Waals surface area contributed by atoms with Gasteiger partial charge in [0.1, 0.15) is 0 Å². The predicted molar refractivity (Wildman–Crippen MR) is 79.6 cm³/mol. The van der Waals surface area contributed by atoms with Crippen LogP contribution in [0.1, 0.15) is 30.9 Å². The number of carbonyl (C=O) groups is 1. The van der Waals surface area contributed by atoms with Crippen molar-refractivity contribution in [3.05, 3.63) is 35.4 Å². The van der Waals surface area contributed by atoms with Gasteiger partial charge in [0.2, 0.25) is 5.91 Å². The highest BCUT2D eigenvalue weighted by Crippen LogP contribution is 2.09. The molecule has 1 aromatic rings. The normalized spacial score (nSPS) is 13.8. The number of methoxy groups -OCH3 is 1. The van der Waals surface area contributed by atoms with E-state index in [-0.39, 0.29) is 12.5 Å². The topological polar surface area (TPSA) is 58.6 Å². The Morgan fingerprint density at radius 3 is 2.85 bits per heavy atom. The molecule has 20 heavy (non-hydrogen) atoms. The lowest BCUT2D eigenvalue weighted by atomic mass is 10.0. The Balaban J connectivity index is 2.30. The molecule has 1 atom stereocenters. The van der Waals surface area contributed by atoms with Crippen LogP contribution in [-0.2, 0) is 16.0 Å². The molecule has 0 heterocycles. The number of hydrogen-bond donors (Lipinski definition) is 2. The van der Waals surface area contributed by atoms with Crippen LogP contribution in [0.15, 0.2) is 24.3 Å². The number of benzene rings is 1. The van der Waals surface area contributed by atoms with E-state index in [2.05, 4.69) is 11.4 Å². The fourth-order valence-electron chi connectivity index (χ4n) is 1.91. The SMILES string of the molecule is COCCC(C)(O)CNC(=O)CCc1cccc(C)c1. The van der Waals surface area contributed by atoms with Gasteiger partial charge in [0.25, 0.3) is 0 Å². The molecule has 1 aromatic carbocycles. The average molecular weight is 279 g/mol. The Morgan fingerprint density at radius 1 is 1.45 bits per heavy atom. The molecular formula is C16H25NO3. The monoisotopic (exact) mass is 279 g/mol. The quantitative estimate of drug-likeness (QED) is 0.763. The van der Waals surface area contributed by atoms with Crippen molar-refractivity contribution < 1.29 is 14.6 Å². The smallest absolute Gasteiger partial charge is 0.220 e. The largest absolute Gasteiger partial charge is 0.388 e. The van der Waals surface area contributed by atoms with Gasteiger partial charge in [-0.3, -0.25) is 4.79 Å². The first kappa shape index (κ1) is 16.7. The van der Waals surface area contributed by atoms with Gasteiger partial charge in [0.15, 0.2) is 0 Å². The number of aliphatic hydroxyl groups is 1. The molecule has 1 rings (SSSR count). The zero-order valence-electron chi connectivity index (χ0n) is 12.6. The molecule has 4 heteroatoms. The van der Waals surface area contributed by atoms with Gasteiger partial charge in [0, 0.05) is 33.1 Å². The number of amides is 1. The maximum absolute atomic E-state index is 11.8. The first-order valence-corrected chi connectivity index (χ1v) is 6.96. The summed E-state index contributed by atoms with van der Waals surface area (Å²) in [5.74, 6) is -0.0378. The van der Waals surface area contributed by atoms with Crippen LogP contribution in [0.5, 0.6) is 0 Å². The Morgan fingerprint density at radius 2 is 2.20 bits per heavy atom. The zero-order valence-corrected chi connectivity index (χ0v) is 12.6. The van der Waals surface area contributed by atoms with Crippen molar-refractivity contribution in [2.45, 2.75) is 38.7 Å². The van der Waals surface area contributed by atoms with Crippen molar-refractivity contribution in [3.8, 4) is 0 Å². The molecule has 4 nitrogen and oxygen atoms in total. The number of rotatable bonds is 8. The van der Waals surface area contributed by atoms with Gasteiger partial charge in [-0.1, -0.05) is 29.8 Å². The van der Waals surface area contributed by atoms with E-state index in [4.69, 9.17) is 4.74 Å². The fraction of sp³-hybridized carbons (Fsp3) is 0.562. The number of ether oxygens (including phenoxy) is 1. The summed E-state index contributed by atoms with van der Waals surface area (Å²) in [6.45, 7) is 4.47. The van der Waals surface area contributed by atoms with Crippen LogP contribution in [-0.4, -0.2) is 36.9 Å². The van der Waals surface area contributed by atoms with Gasteiger partial charge in [-0.25, -0.2) is 0 Å². The van der Waals surface area contributed by atoms with Crippen molar-refractivity contribution in [2.75, 3.05) is 20.3 Å². The highest BCUT2D eigenvalue weighted by Gasteiger charge is 2.20. The van der Waals surface area contributed by atoms with Gasteiger partial charge in [0.05, 0.1) is 5.60 Å². The van der Waals surface area contributed by atoms with Gasteiger partial charge in [-0.2, -0.15) is 0 Å². The molecule has 1 unspecified atom stereocenters. The lowest BCUT2D eigenvalue weighted by Gasteiger charge is -2.23. The summed E-state index contributed by atoms with van der Waals surface area (Å²) in [7, 11) is 1.59. The van der Waals surface area contributed by atoms with E-state index in [0.717, 1.165) is 5.56 Å². The van der Waals surface area contributed by atoms with Gasteiger partial charge < -0.3 is 15.2 Å². The van der Waals surface area contributed by atoms with E-state index in [1.165, 1.54) is 5.56 Å². The third kappa shape index (κ3) is 6.68. The third-order valence-corrected chi connectivity index (χ3v) is 3.23. The van der Waals surface area contributed by atoms with Crippen molar-refractivity contribution in [2.24, 2.45) is 0 Å². The third-order valence-electron chi connectivity index (χ3n) is 3.23. The molecule has 2 N–H and O–H groups in total. The molecule has 0 spiro atoms. The Hall–Kier alpha value is -1.39. The van der Waals surface area contributed by atoms with Crippen LogP contribution >= 0.6 is 0 Å². The molecule has 0 saturated carbocycles. The van der Waals surface area contributed by atoms with E-state index in [1.54, 1.807) is 14.0 Å². The van der Waals surface area contributed by atoms with E-state index < -0.39 is 5.60 Å².